The van der Waals surface area contributed by atoms with Crippen LogP contribution in [0.4, 0.5) is 0 Å². The monoisotopic (exact) mass is 297 g/mol. The Hall–Kier alpha value is -1.54. The van der Waals surface area contributed by atoms with Crippen LogP contribution >= 0.6 is 11.5 Å². The van der Waals surface area contributed by atoms with Crippen molar-refractivity contribution in [2.75, 3.05) is 26.2 Å². The minimum atomic E-state index is -0.152. The number of aryl methyl sites for hydroxylation is 1. The molecule has 2 rings (SSSR count). The van der Waals surface area contributed by atoms with Gasteiger partial charge in [0.1, 0.15) is 4.88 Å². The van der Waals surface area contributed by atoms with Gasteiger partial charge < -0.3 is 16.0 Å². The Morgan fingerprint density at radius 1 is 1.55 bits per heavy atom. The molecule has 2 amide bonds. The van der Waals surface area contributed by atoms with Gasteiger partial charge in [0.05, 0.1) is 11.6 Å². The Kier molecular flexibility index (Phi) is 5.02. The molecule has 1 atom stereocenters. The molecule has 0 spiro atoms. The molecule has 1 unspecified atom stereocenters. The first-order valence-electron chi connectivity index (χ1n) is 6.69. The lowest BCUT2D eigenvalue weighted by atomic mass is 9.97. The molecule has 1 aromatic rings. The fourth-order valence-corrected chi connectivity index (χ4v) is 2.91. The first-order valence-corrected chi connectivity index (χ1v) is 7.46. The molecule has 1 aliphatic rings. The molecule has 0 aromatic carbocycles. The van der Waals surface area contributed by atoms with E-state index in [1.54, 1.807) is 11.8 Å². The summed E-state index contributed by atoms with van der Waals surface area (Å²) in [4.78, 5) is 26.6. The third kappa shape index (κ3) is 3.31. The molecule has 0 aliphatic carbocycles. The molecule has 1 aliphatic heterocycles. The number of nitrogens with zero attached hydrogens (tertiary/aromatic N) is 3. The number of aromatic nitrogens is 2. The van der Waals surface area contributed by atoms with E-state index in [0.717, 1.165) is 24.4 Å². The first-order chi connectivity index (χ1) is 9.63. The molecule has 110 valence electrons. The maximum Gasteiger partial charge on any atom is 0.267 e. The second-order valence-electron chi connectivity index (χ2n) is 4.86. The number of hydrogen-bond donors (Lipinski definition) is 2. The smallest absolute Gasteiger partial charge is 0.267 e. The summed E-state index contributed by atoms with van der Waals surface area (Å²) in [5.74, 6) is -0.249. The van der Waals surface area contributed by atoms with E-state index >= 15 is 0 Å². The topological polar surface area (TPSA) is 101 Å². The Labute approximate surface area is 121 Å². The average Bonchev–Trinajstić information content (AvgIpc) is 2.90. The normalized spacial score (nSPS) is 18.9. The van der Waals surface area contributed by atoms with Crippen LogP contribution < -0.4 is 11.1 Å². The highest BCUT2D eigenvalue weighted by Crippen LogP contribution is 2.20. The summed E-state index contributed by atoms with van der Waals surface area (Å²) >= 11 is 1.11. The van der Waals surface area contributed by atoms with Crippen LogP contribution in [0, 0.1) is 12.8 Å². The molecule has 1 fully saturated rings. The van der Waals surface area contributed by atoms with Crippen LogP contribution in [0.2, 0.25) is 0 Å². The molecule has 0 radical (unpaired) electrons. The van der Waals surface area contributed by atoms with Gasteiger partial charge in [-0.3, -0.25) is 9.59 Å². The number of carbonyl (C=O) groups is 2. The van der Waals surface area contributed by atoms with Crippen molar-refractivity contribution in [1.29, 1.82) is 0 Å². The first kappa shape index (κ1) is 14.9. The predicted octanol–water partition coefficient (Wildman–Crippen LogP) is -0.226. The summed E-state index contributed by atoms with van der Waals surface area (Å²) < 4.78 is 3.78. The van der Waals surface area contributed by atoms with Gasteiger partial charge >= 0.3 is 0 Å². The van der Waals surface area contributed by atoms with Crippen LogP contribution in [-0.4, -0.2) is 52.5 Å². The lowest BCUT2D eigenvalue weighted by molar-refractivity contribution is -0.126. The van der Waals surface area contributed by atoms with Gasteiger partial charge in [-0.25, -0.2) is 0 Å². The summed E-state index contributed by atoms with van der Waals surface area (Å²) in [5, 5.41) is 6.64. The molecule has 20 heavy (non-hydrogen) atoms. The maximum absolute atomic E-state index is 12.4. The minimum Gasteiger partial charge on any atom is -0.355 e. The number of nitrogens with two attached hydrogens (primary N) is 1. The van der Waals surface area contributed by atoms with Gasteiger partial charge in [-0.2, -0.15) is 0 Å². The van der Waals surface area contributed by atoms with Gasteiger partial charge in [-0.05, 0) is 31.3 Å². The van der Waals surface area contributed by atoms with Crippen LogP contribution in [0.1, 0.15) is 28.2 Å². The van der Waals surface area contributed by atoms with Gasteiger partial charge in [0.25, 0.3) is 5.91 Å². The van der Waals surface area contributed by atoms with Crippen LogP contribution in [-0.2, 0) is 4.79 Å². The van der Waals surface area contributed by atoms with Gasteiger partial charge in [0.15, 0.2) is 0 Å². The zero-order chi connectivity index (χ0) is 14.5. The highest BCUT2D eigenvalue weighted by Gasteiger charge is 2.30. The second kappa shape index (κ2) is 6.76. The number of rotatable bonds is 4. The van der Waals surface area contributed by atoms with E-state index in [4.69, 9.17) is 5.73 Å². The Balaban J connectivity index is 1.98. The van der Waals surface area contributed by atoms with Crippen LogP contribution in [0.25, 0.3) is 0 Å². The van der Waals surface area contributed by atoms with Crippen molar-refractivity contribution in [2.24, 2.45) is 11.7 Å². The van der Waals surface area contributed by atoms with Gasteiger partial charge in [-0.1, -0.05) is 4.49 Å². The van der Waals surface area contributed by atoms with Crippen LogP contribution in [0.15, 0.2) is 0 Å². The van der Waals surface area contributed by atoms with E-state index in [2.05, 4.69) is 14.9 Å². The molecular formula is C12H19N5O2S. The lowest BCUT2D eigenvalue weighted by Gasteiger charge is -2.31. The summed E-state index contributed by atoms with van der Waals surface area (Å²) in [5.41, 5.74) is 6.02. The number of amides is 2. The Morgan fingerprint density at radius 2 is 2.35 bits per heavy atom. The van der Waals surface area contributed by atoms with Crippen molar-refractivity contribution in [1.82, 2.24) is 19.8 Å². The molecule has 1 saturated heterocycles. The fraction of sp³-hybridized carbons (Fsp3) is 0.667. The number of carbonyl (C=O) groups excluding carboxylic acids is 2. The van der Waals surface area contributed by atoms with E-state index in [-0.39, 0.29) is 17.7 Å². The fourth-order valence-electron chi connectivity index (χ4n) is 2.29. The highest BCUT2D eigenvalue weighted by atomic mass is 32.1. The highest BCUT2D eigenvalue weighted by molar-refractivity contribution is 7.07. The number of nitrogens with one attached hydrogen (secondary N) is 1. The van der Waals surface area contributed by atoms with E-state index in [9.17, 15) is 9.59 Å². The summed E-state index contributed by atoms with van der Waals surface area (Å²) in [6.07, 6.45) is 1.64. The number of piperidine rings is 1. The predicted molar refractivity (Wildman–Crippen MR) is 75.3 cm³/mol. The van der Waals surface area contributed by atoms with Crippen molar-refractivity contribution >= 4 is 23.3 Å². The molecule has 1 aromatic heterocycles. The van der Waals surface area contributed by atoms with Crippen molar-refractivity contribution in [3.63, 3.8) is 0 Å². The molecule has 7 nitrogen and oxygen atoms in total. The summed E-state index contributed by atoms with van der Waals surface area (Å²) in [7, 11) is 0. The van der Waals surface area contributed by atoms with Crippen molar-refractivity contribution in [3.05, 3.63) is 10.6 Å². The Morgan fingerprint density at radius 3 is 3.00 bits per heavy atom. The van der Waals surface area contributed by atoms with E-state index in [0.29, 0.717) is 36.8 Å². The minimum absolute atomic E-state index is 0.0212. The maximum atomic E-state index is 12.4. The lowest BCUT2D eigenvalue weighted by Crippen LogP contribution is -2.46. The third-order valence-electron chi connectivity index (χ3n) is 3.37. The zero-order valence-corrected chi connectivity index (χ0v) is 12.3. The van der Waals surface area contributed by atoms with Crippen molar-refractivity contribution in [3.8, 4) is 0 Å². The van der Waals surface area contributed by atoms with Gasteiger partial charge in [0.2, 0.25) is 5.91 Å². The zero-order valence-electron chi connectivity index (χ0n) is 11.5. The van der Waals surface area contributed by atoms with Crippen LogP contribution in [0.5, 0.6) is 0 Å². The summed E-state index contributed by atoms with van der Waals surface area (Å²) in [6.45, 7) is 3.80. The average molecular weight is 297 g/mol. The molecule has 0 bridgehead atoms. The molecule has 0 saturated carbocycles. The number of likely N-dealkylation sites (tertiary alicyclic amines) is 1. The molecular weight excluding hydrogens is 278 g/mol. The molecule has 3 N–H and O–H groups in total. The third-order valence-corrected chi connectivity index (χ3v) is 4.18. The van der Waals surface area contributed by atoms with Gasteiger partial charge in [0, 0.05) is 26.2 Å². The molecule has 2 heterocycles. The molecule has 8 heteroatoms. The van der Waals surface area contributed by atoms with Gasteiger partial charge in [-0.15, -0.1) is 5.10 Å². The van der Waals surface area contributed by atoms with E-state index in [1.165, 1.54) is 0 Å². The van der Waals surface area contributed by atoms with E-state index < -0.39 is 0 Å². The largest absolute Gasteiger partial charge is 0.355 e. The second-order valence-corrected chi connectivity index (χ2v) is 5.61. The SMILES string of the molecule is Cc1nnsc1C(=O)N1CCCC(C(=O)NCCN)C1. The Bertz CT molecular complexity index is 490. The van der Waals surface area contributed by atoms with E-state index in [1.807, 2.05) is 0 Å². The van der Waals surface area contributed by atoms with Crippen molar-refractivity contribution < 1.29 is 9.59 Å². The standard InChI is InChI=1S/C12H19N5O2S/c1-8-10(20-16-15-8)12(19)17-6-2-3-9(7-17)11(18)14-5-4-13/h9H,2-7,13H2,1H3,(H,14,18). The number of hydrogen-bond acceptors (Lipinski definition) is 6. The quantitative estimate of drug-likeness (QED) is 0.799. The van der Waals surface area contributed by atoms with Crippen LogP contribution in [0.3, 0.4) is 0 Å². The summed E-state index contributed by atoms with van der Waals surface area (Å²) in [6, 6.07) is 0. The van der Waals surface area contributed by atoms with Crippen molar-refractivity contribution in [2.45, 2.75) is 19.8 Å².